The largest absolute Gasteiger partial charge is 0.381 e. The fourth-order valence-electron chi connectivity index (χ4n) is 2.32. The number of carbonyl (C=O) groups is 2. The molecule has 0 spiro atoms. The van der Waals surface area contributed by atoms with E-state index in [1.807, 2.05) is 13.8 Å². The average Bonchev–Trinajstić information content (AvgIpc) is 2.52. The summed E-state index contributed by atoms with van der Waals surface area (Å²) in [7, 11) is 0. The van der Waals surface area contributed by atoms with Crippen LogP contribution in [0.5, 0.6) is 0 Å². The molecule has 0 amide bonds. The van der Waals surface area contributed by atoms with Gasteiger partial charge >= 0.3 is 0 Å². The minimum atomic E-state index is -0.220. The van der Waals surface area contributed by atoms with E-state index in [9.17, 15) is 9.59 Å². The van der Waals surface area contributed by atoms with E-state index < -0.39 is 0 Å². The van der Waals surface area contributed by atoms with Gasteiger partial charge in [-0.25, -0.2) is 0 Å². The van der Waals surface area contributed by atoms with Gasteiger partial charge in [-0.05, 0) is 25.7 Å². The summed E-state index contributed by atoms with van der Waals surface area (Å²) < 4.78 is 5.50. The van der Waals surface area contributed by atoms with Gasteiger partial charge in [0.1, 0.15) is 11.6 Å². The number of rotatable bonds is 12. The van der Waals surface area contributed by atoms with Gasteiger partial charge in [0.25, 0.3) is 0 Å². The number of ketones is 2. The number of ether oxygens (including phenoxy) is 1. The molecule has 3 nitrogen and oxygen atoms in total. The van der Waals surface area contributed by atoms with Crippen molar-refractivity contribution in [3.8, 4) is 0 Å². The fourth-order valence-corrected chi connectivity index (χ4v) is 2.32. The predicted octanol–water partition coefficient (Wildman–Crippen LogP) is 4.57. The van der Waals surface area contributed by atoms with Crippen LogP contribution in [0, 0.1) is 10.8 Å². The first kappa shape index (κ1) is 20.3. The number of carbonyl (C=O) groups excluding carboxylic acids is 2. The summed E-state index contributed by atoms with van der Waals surface area (Å²) in [4.78, 5) is 24.3. The van der Waals surface area contributed by atoms with E-state index >= 15 is 0 Å². The van der Waals surface area contributed by atoms with E-state index in [4.69, 9.17) is 4.74 Å². The molecule has 0 saturated carbocycles. The number of hydrogen-bond acceptors (Lipinski definition) is 3. The van der Waals surface area contributed by atoms with Crippen molar-refractivity contribution < 1.29 is 14.3 Å². The Morgan fingerprint density at radius 1 is 0.714 bits per heavy atom. The van der Waals surface area contributed by atoms with Crippen LogP contribution in [0.3, 0.4) is 0 Å². The maximum absolute atomic E-state index is 12.1. The standard InChI is InChI=1S/C18H34O3/c1-7-17(5,8-2)15(19)11-13-21-14-12-16(20)18(6,9-3)10-4/h7-14H2,1-6H3. The van der Waals surface area contributed by atoms with Gasteiger partial charge in [-0.3, -0.25) is 9.59 Å². The Labute approximate surface area is 130 Å². The van der Waals surface area contributed by atoms with Crippen molar-refractivity contribution in [2.45, 2.75) is 80.1 Å². The van der Waals surface area contributed by atoms with E-state index in [0.717, 1.165) is 25.7 Å². The third kappa shape index (κ3) is 5.90. The molecule has 0 aliphatic rings. The molecule has 3 heteroatoms. The zero-order valence-corrected chi connectivity index (χ0v) is 14.9. The lowest BCUT2D eigenvalue weighted by Crippen LogP contribution is -2.28. The average molecular weight is 298 g/mol. The first-order valence-corrected chi connectivity index (χ1v) is 8.44. The summed E-state index contributed by atoms with van der Waals surface area (Å²) in [5.41, 5.74) is -0.440. The van der Waals surface area contributed by atoms with Crippen molar-refractivity contribution in [1.29, 1.82) is 0 Å². The van der Waals surface area contributed by atoms with Crippen LogP contribution in [0.2, 0.25) is 0 Å². The maximum atomic E-state index is 12.1. The third-order valence-electron chi connectivity index (χ3n) is 5.41. The molecule has 21 heavy (non-hydrogen) atoms. The van der Waals surface area contributed by atoms with Crippen LogP contribution < -0.4 is 0 Å². The van der Waals surface area contributed by atoms with Crippen molar-refractivity contribution in [2.75, 3.05) is 13.2 Å². The number of Topliss-reactive ketones (excluding diaryl/α,β-unsaturated/α-hetero) is 2. The Morgan fingerprint density at radius 2 is 1.00 bits per heavy atom. The summed E-state index contributed by atoms with van der Waals surface area (Å²) in [5.74, 6) is 0.538. The molecule has 0 aliphatic heterocycles. The van der Waals surface area contributed by atoms with Crippen LogP contribution in [0.15, 0.2) is 0 Å². The molecule has 0 bridgehead atoms. The lowest BCUT2D eigenvalue weighted by Gasteiger charge is -2.25. The first-order chi connectivity index (χ1) is 9.79. The second-order valence-corrected chi connectivity index (χ2v) is 6.49. The highest BCUT2D eigenvalue weighted by molar-refractivity contribution is 5.85. The number of hydrogen-bond donors (Lipinski definition) is 0. The van der Waals surface area contributed by atoms with Gasteiger partial charge in [0.15, 0.2) is 0 Å². The van der Waals surface area contributed by atoms with Gasteiger partial charge in [0, 0.05) is 23.7 Å². The molecule has 0 aromatic rings. The topological polar surface area (TPSA) is 43.4 Å². The molecule has 0 heterocycles. The Bertz CT molecular complexity index is 293. The van der Waals surface area contributed by atoms with Crippen LogP contribution in [-0.4, -0.2) is 24.8 Å². The van der Waals surface area contributed by atoms with Gasteiger partial charge < -0.3 is 4.74 Å². The van der Waals surface area contributed by atoms with Gasteiger partial charge in [-0.2, -0.15) is 0 Å². The van der Waals surface area contributed by atoms with Crippen molar-refractivity contribution in [3.63, 3.8) is 0 Å². The second kappa shape index (κ2) is 9.34. The van der Waals surface area contributed by atoms with E-state index in [-0.39, 0.29) is 22.4 Å². The van der Waals surface area contributed by atoms with Gasteiger partial charge in [-0.15, -0.1) is 0 Å². The van der Waals surface area contributed by atoms with E-state index in [1.165, 1.54) is 0 Å². The quantitative estimate of drug-likeness (QED) is 0.495. The monoisotopic (exact) mass is 298 g/mol. The molecular formula is C18H34O3. The summed E-state index contributed by atoms with van der Waals surface area (Å²) in [6.45, 7) is 13.1. The SMILES string of the molecule is CCC(C)(CC)C(=O)CCOCCC(=O)C(C)(CC)CC. The van der Waals surface area contributed by atoms with E-state index in [1.54, 1.807) is 0 Å². The Hall–Kier alpha value is -0.700. The maximum Gasteiger partial charge on any atom is 0.141 e. The molecule has 0 saturated heterocycles. The first-order valence-electron chi connectivity index (χ1n) is 8.44. The van der Waals surface area contributed by atoms with Gasteiger partial charge in [0.2, 0.25) is 0 Å². The highest BCUT2D eigenvalue weighted by Gasteiger charge is 2.29. The van der Waals surface area contributed by atoms with Crippen LogP contribution in [0.4, 0.5) is 0 Å². The lowest BCUT2D eigenvalue weighted by atomic mass is 9.79. The molecule has 0 N–H and O–H groups in total. The second-order valence-electron chi connectivity index (χ2n) is 6.49. The summed E-state index contributed by atoms with van der Waals surface area (Å²) in [6, 6.07) is 0. The van der Waals surface area contributed by atoms with E-state index in [0.29, 0.717) is 26.1 Å². The summed E-state index contributed by atoms with van der Waals surface area (Å²) in [6.07, 6.45) is 4.37. The molecule has 0 rings (SSSR count). The molecule has 0 unspecified atom stereocenters. The third-order valence-corrected chi connectivity index (χ3v) is 5.41. The fraction of sp³-hybridized carbons (Fsp3) is 0.889. The van der Waals surface area contributed by atoms with Crippen molar-refractivity contribution in [3.05, 3.63) is 0 Å². The molecule has 0 aromatic heterocycles. The minimum absolute atomic E-state index is 0.220. The van der Waals surface area contributed by atoms with Crippen LogP contribution in [0.25, 0.3) is 0 Å². The van der Waals surface area contributed by atoms with Crippen molar-refractivity contribution in [1.82, 2.24) is 0 Å². The summed E-state index contributed by atoms with van der Waals surface area (Å²) >= 11 is 0. The van der Waals surface area contributed by atoms with Crippen molar-refractivity contribution in [2.24, 2.45) is 10.8 Å². The predicted molar refractivity (Wildman–Crippen MR) is 87.4 cm³/mol. The Morgan fingerprint density at radius 3 is 1.24 bits per heavy atom. The highest BCUT2D eigenvalue weighted by atomic mass is 16.5. The molecular weight excluding hydrogens is 264 g/mol. The van der Waals surface area contributed by atoms with Crippen molar-refractivity contribution >= 4 is 11.6 Å². The normalized spacial score (nSPS) is 12.5. The highest BCUT2D eigenvalue weighted by Crippen LogP contribution is 2.28. The van der Waals surface area contributed by atoms with Crippen LogP contribution in [0.1, 0.15) is 80.1 Å². The Balaban J connectivity index is 4.03. The Kier molecular flexibility index (Phi) is 9.03. The molecule has 0 fully saturated rings. The zero-order chi connectivity index (χ0) is 16.5. The zero-order valence-electron chi connectivity index (χ0n) is 14.9. The molecule has 0 atom stereocenters. The molecule has 0 radical (unpaired) electrons. The molecule has 124 valence electrons. The van der Waals surface area contributed by atoms with Crippen LogP contribution in [-0.2, 0) is 14.3 Å². The van der Waals surface area contributed by atoms with Gasteiger partial charge in [-0.1, -0.05) is 41.5 Å². The lowest BCUT2D eigenvalue weighted by molar-refractivity contribution is -0.130. The minimum Gasteiger partial charge on any atom is -0.381 e. The van der Waals surface area contributed by atoms with Gasteiger partial charge in [0.05, 0.1) is 13.2 Å². The molecule has 0 aromatic carbocycles. The van der Waals surface area contributed by atoms with Crippen LogP contribution >= 0.6 is 0 Å². The summed E-state index contributed by atoms with van der Waals surface area (Å²) in [5, 5.41) is 0. The smallest absolute Gasteiger partial charge is 0.141 e. The van der Waals surface area contributed by atoms with E-state index in [2.05, 4.69) is 27.7 Å². The molecule has 0 aliphatic carbocycles.